The molecule has 2 aliphatic rings. The number of fused-ring (bicyclic) bond motifs is 1. The molecule has 0 saturated carbocycles. The second-order valence-electron chi connectivity index (χ2n) is 9.77. The fraction of sp³-hybridized carbons (Fsp3) is 0.480. The second kappa shape index (κ2) is 9.23. The summed E-state index contributed by atoms with van der Waals surface area (Å²) in [5.41, 5.74) is 1.14. The van der Waals surface area contributed by atoms with Crippen molar-refractivity contribution in [2.75, 3.05) is 32.1 Å². The van der Waals surface area contributed by atoms with Gasteiger partial charge in [-0.3, -0.25) is 14.6 Å². The molecule has 1 aromatic heterocycles. The van der Waals surface area contributed by atoms with Gasteiger partial charge in [0.05, 0.1) is 32.5 Å². The molecule has 0 spiro atoms. The van der Waals surface area contributed by atoms with Crippen LogP contribution in [0.3, 0.4) is 0 Å². The maximum atomic E-state index is 13.0. The van der Waals surface area contributed by atoms with E-state index in [0.717, 1.165) is 17.0 Å². The van der Waals surface area contributed by atoms with Crippen LogP contribution < -0.4 is 10.1 Å². The van der Waals surface area contributed by atoms with Gasteiger partial charge in [-0.1, -0.05) is 12.1 Å². The number of pyridine rings is 1. The Morgan fingerprint density at radius 1 is 1.24 bits per heavy atom. The number of benzene rings is 1. The van der Waals surface area contributed by atoms with E-state index in [-0.39, 0.29) is 17.9 Å². The monoisotopic (exact) mass is 468 g/mol. The number of likely N-dealkylation sites (tertiary alicyclic amines) is 1. The average molecular weight is 469 g/mol. The summed E-state index contributed by atoms with van der Waals surface area (Å²) in [6.07, 6.45) is 1.32. The van der Waals surface area contributed by atoms with E-state index in [9.17, 15) is 9.59 Å². The largest absolute Gasteiger partial charge is 0.497 e. The number of aromatic nitrogens is 1. The molecule has 1 aromatic carbocycles. The summed E-state index contributed by atoms with van der Waals surface area (Å²) in [6.45, 7) is 8.82. The van der Waals surface area contributed by atoms with E-state index in [1.54, 1.807) is 24.3 Å². The Morgan fingerprint density at radius 2 is 1.97 bits per heavy atom. The second-order valence-corrected chi connectivity index (χ2v) is 9.77. The van der Waals surface area contributed by atoms with Crippen LogP contribution >= 0.6 is 0 Å². The number of nitrogens with zero attached hydrogens (tertiary/aromatic N) is 3. The molecule has 4 rings (SSSR count). The number of amides is 2. The predicted octanol–water partition coefficient (Wildman–Crippen LogP) is 3.56. The van der Waals surface area contributed by atoms with E-state index in [0.29, 0.717) is 31.9 Å². The van der Waals surface area contributed by atoms with Gasteiger partial charge >= 0.3 is 6.09 Å². The molecule has 182 valence electrons. The molecular weight excluding hydrogens is 436 g/mol. The zero-order valence-corrected chi connectivity index (χ0v) is 20.3. The minimum atomic E-state index is -0.689. The number of carbonyl (C=O) groups excluding carboxylic acids is 2. The van der Waals surface area contributed by atoms with Crippen molar-refractivity contribution in [3.63, 3.8) is 0 Å². The third-order valence-corrected chi connectivity index (χ3v) is 6.09. The minimum absolute atomic E-state index is 0.0154. The van der Waals surface area contributed by atoms with Crippen molar-refractivity contribution >= 4 is 17.7 Å². The Kier molecular flexibility index (Phi) is 6.51. The van der Waals surface area contributed by atoms with E-state index in [1.165, 1.54) is 6.92 Å². The lowest BCUT2D eigenvalue weighted by Gasteiger charge is -2.36. The summed E-state index contributed by atoms with van der Waals surface area (Å²) < 4.78 is 10.9. The van der Waals surface area contributed by atoms with Gasteiger partial charge in [-0.2, -0.15) is 5.06 Å². The number of carbonyl (C=O) groups is 2. The first-order valence-electron chi connectivity index (χ1n) is 11.4. The van der Waals surface area contributed by atoms with Crippen LogP contribution in [0.5, 0.6) is 5.75 Å². The van der Waals surface area contributed by atoms with Gasteiger partial charge < -0.3 is 19.7 Å². The van der Waals surface area contributed by atoms with E-state index in [1.807, 2.05) is 56.2 Å². The smallest absolute Gasteiger partial charge is 0.410 e. The zero-order valence-electron chi connectivity index (χ0n) is 20.3. The molecule has 1 N–H and O–H groups in total. The Balaban J connectivity index is 1.69. The summed E-state index contributed by atoms with van der Waals surface area (Å²) in [6, 6.07) is 11.4. The number of hydroxylamine groups is 2. The molecule has 0 aliphatic carbocycles. The molecule has 2 fully saturated rings. The van der Waals surface area contributed by atoms with Crippen LogP contribution in [0.1, 0.15) is 39.0 Å². The molecule has 2 aliphatic heterocycles. The van der Waals surface area contributed by atoms with Crippen LogP contribution in [-0.2, 0) is 26.5 Å². The molecule has 2 aromatic rings. The highest BCUT2D eigenvalue weighted by atomic mass is 16.7. The van der Waals surface area contributed by atoms with Gasteiger partial charge in [0, 0.05) is 31.3 Å². The molecule has 2 saturated heterocycles. The first-order valence-corrected chi connectivity index (χ1v) is 11.4. The Labute approximate surface area is 199 Å². The summed E-state index contributed by atoms with van der Waals surface area (Å²) in [7, 11) is 1.63. The lowest BCUT2D eigenvalue weighted by atomic mass is 9.84. The van der Waals surface area contributed by atoms with Gasteiger partial charge in [0.15, 0.2) is 0 Å². The van der Waals surface area contributed by atoms with Crippen LogP contribution in [0.25, 0.3) is 0 Å². The highest BCUT2D eigenvalue weighted by Crippen LogP contribution is 2.47. The van der Waals surface area contributed by atoms with Crippen LogP contribution in [0.2, 0.25) is 0 Å². The first kappa shape index (κ1) is 24.0. The van der Waals surface area contributed by atoms with Crippen molar-refractivity contribution in [1.29, 1.82) is 0 Å². The van der Waals surface area contributed by atoms with Gasteiger partial charge in [-0.05, 0) is 50.6 Å². The average Bonchev–Trinajstić information content (AvgIpc) is 3.31. The van der Waals surface area contributed by atoms with Crippen molar-refractivity contribution in [1.82, 2.24) is 14.9 Å². The molecule has 3 heterocycles. The highest BCUT2D eigenvalue weighted by molar-refractivity contribution is 5.88. The third kappa shape index (κ3) is 4.85. The number of nitrogens with one attached hydrogen (secondary N) is 1. The standard InChI is InChI=1S/C25H32N4O5/c1-17(30)27-20-10-11-26-22(12-20)25-16-28(23(31)34-24(2,3)4)14-19(25)15-33-29(25)13-18-6-8-21(32-5)9-7-18/h6-12,19H,13-16H2,1-5H3,(H,26,27,30). The molecule has 0 bridgehead atoms. The Bertz CT molecular complexity index is 1050. The minimum Gasteiger partial charge on any atom is -0.497 e. The van der Waals surface area contributed by atoms with Crippen molar-refractivity contribution in [2.45, 2.75) is 45.4 Å². The Hall–Kier alpha value is -3.17. The van der Waals surface area contributed by atoms with Crippen molar-refractivity contribution in [2.24, 2.45) is 5.92 Å². The molecular formula is C25H32N4O5. The summed E-state index contributed by atoms with van der Waals surface area (Å²) in [4.78, 5) is 37.2. The SMILES string of the molecule is COc1ccc(CN2OCC3CN(C(=O)OC(C)(C)C)CC32c2cc(NC(C)=O)ccn2)cc1. The maximum absolute atomic E-state index is 13.0. The van der Waals surface area contributed by atoms with Crippen molar-refractivity contribution in [3.8, 4) is 5.75 Å². The molecule has 2 amide bonds. The third-order valence-electron chi connectivity index (χ3n) is 6.09. The van der Waals surface area contributed by atoms with Crippen molar-refractivity contribution < 1.29 is 23.9 Å². The zero-order chi connectivity index (χ0) is 24.5. The van der Waals surface area contributed by atoms with E-state index >= 15 is 0 Å². The summed E-state index contributed by atoms with van der Waals surface area (Å²) >= 11 is 0. The van der Waals surface area contributed by atoms with Crippen LogP contribution in [0.15, 0.2) is 42.6 Å². The topological polar surface area (TPSA) is 93.2 Å². The maximum Gasteiger partial charge on any atom is 0.410 e. The normalized spacial score (nSPS) is 22.4. The summed E-state index contributed by atoms with van der Waals surface area (Å²) in [5.74, 6) is 0.601. The van der Waals surface area contributed by atoms with Crippen LogP contribution in [-0.4, -0.2) is 59.4 Å². The van der Waals surface area contributed by atoms with Gasteiger partial charge in [0.1, 0.15) is 16.9 Å². The van der Waals surface area contributed by atoms with Crippen LogP contribution in [0, 0.1) is 5.92 Å². The quantitative estimate of drug-likeness (QED) is 0.717. The number of anilines is 1. The fourth-order valence-corrected chi connectivity index (χ4v) is 4.59. The van der Waals surface area contributed by atoms with Gasteiger partial charge in [-0.25, -0.2) is 4.79 Å². The number of hydrogen-bond acceptors (Lipinski definition) is 7. The molecule has 34 heavy (non-hydrogen) atoms. The number of ether oxygens (including phenoxy) is 2. The number of rotatable bonds is 5. The lowest BCUT2D eigenvalue weighted by molar-refractivity contribution is -0.177. The van der Waals surface area contributed by atoms with E-state index in [4.69, 9.17) is 14.3 Å². The molecule has 9 heteroatoms. The van der Waals surface area contributed by atoms with E-state index in [2.05, 4.69) is 10.3 Å². The van der Waals surface area contributed by atoms with Gasteiger partial charge in [0.2, 0.25) is 5.91 Å². The fourth-order valence-electron chi connectivity index (χ4n) is 4.59. The molecule has 2 unspecified atom stereocenters. The lowest BCUT2D eigenvalue weighted by Crippen LogP contribution is -2.47. The van der Waals surface area contributed by atoms with Gasteiger partial charge in [-0.15, -0.1) is 0 Å². The molecule has 9 nitrogen and oxygen atoms in total. The van der Waals surface area contributed by atoms with Gasteiger partial charge in [0.25, 0.3) is 0 Å². The summed E-state index contributed by atoms with van der Waals surface area (Å²) in [5, 5.41) is 4.75. The first-order chi connectivity index (χ1) is 16.1. The number of hydrogen-bond donors (Lipinski definition) is 1. The highest BCUT2D eigenvalue weighted by Gasteiger charge is 2.59. The predicted molar refractivity (Wildman–Crippen MR) is 126 cm³/mol. The van der Waals surface area contributed by atoms with E-state index < -0.39 is 11.1 Å². The van der Waals surface area contributed by atoms with Crippen molar-refractivity contribution in [3.05, 3.63) is 53.9 Å². The van der Waals surface area contributed by atoms with Crippen LogP contribution in [0.4, 0.5) is 10.5 Å². The number of methoxy groups -OCH3 is 1. The Morgan fingerprint density at radius 3 is 2.62 bits per heavy atom. The molecule has 2 atom stereocenters. The molecule has 0 radical (unpaired) electrons.